The normalized spacial score (nSPS) is 22.2. The second kappa shape index (κ2) is 5.08. The third-order valence-electron chi connectivity index (χ3n) is 3.36. The zero-order valence-corrected chi connectivity index (χ0v) is 11.0. The van der Waals surface area contributed by atoms with Gasteiger partial charge in [0.25, 0.3) is 0 Å². The molecule has 1 aromatic rings. The van der Waals surface area contributed by atoms with Crippen LogP contribution >= 0.6 is 11.6 Å². The molecule has 0 aliphatic carbocycles. The molecule has 1 fully saturated rings. The van der Waals surface area contributed by atoms with Crippen LogP contribution in [0.1, 0.15) is 32.7 Å². The molecule has 4 nitrogen and oxygen atoms in total. The van der Waals surface area contributed by atoms with Gasteiger partial charge >= 0.3 is 0 Å². The van der Waals surface area contributed by atoms with Gasteiger partial charge in [0.15, 0.2) is 0 Å². The first kappa shape index (κ1) is 12.4. The molecule has 1 amide bonds. The topological polar surface area (TPSA) is 38.1 Å². The number of nitrogens with zero attached hydrogens (tertiary/aromatic N) is 3. The van der Waals surface area contributed by atoms with Crippen molar-refractivity contribution >= 4 is 23.3 Å². The molecule has 1 saturated heterocycles. The van der Waals surface area contributed by atoms with E-state index in [0.717, 1.165) is 12.2 Å². The number of anilines is 1. The Morgan fingerprint density at radius 2 is 2.41 bits per heavy atom. The van der Waals surface area contributed by atoms with Crippen LogP contribution in [-0.2, 0) is 4.79 Å². The predicted octanol–water partition coefficient (Wildman–Crippen LogP) is 2.45. The molecule has 2 heterocycles. The lowest BCUT2D eigenvalue weighted by Gasteiger charge is -2.21. The minimum atomic E-state index is 0.153. The summed E-state index contributed by atoms with van der Waals surface area (Å²) < 4.78 is 1.93. The summed E-state index contributed by atoms with van der Waals surface area (Å²) in [6.07, 6.45) is 3.30. The molecule has 17 heavy (non-hydrogen) atoms. The van der Waals surface area contributed by atoms with Crippen molar-refractivity contribution < 1.29 is 4.79 Å². The van der Waals surface area contributed by atoms with Gasteiger partial charge in [-0.3, -0.25) is 9.69 Å². The molecule has 2 unspecified atom stereocenters. The van der Waals surface area contributed by atoms with Gasteiger partial charge in [0, 0.05) is 24.9 Å². The molecule has 0 radical (unpaired) electrons. The summed E-state index contributed by atoms with van der Waals surface area (Å²) >= 11 is 5.83. The number of hydrogen-bond donors (Lipinski definition) is 0. The zero-order valence-electron chi connectivity index (χ0n) is 10.3. The number of amides is 1. The first-order valence-corrected chi connectivity index (χ1v) is 6.60. The lowest BCUT2D eigenvalue weighted by molar-refractivity contribution is -0.117. The van der Waals surface area contributed by atoms with Gasteiger partial charge in [-0.05, 0) is 19.3 Å². The lowest BCUT2D eigenvalue weighted by Crippen LogP contribution is -2.28. The van der Waals surface area contributed by atoms with Crippen LogP contribution in [0.3, 0.4) is 0 Å². The Bertz CT molecular complexity index is 404. The Labute approximate surface area is 107 Å². The molecule has 1 aliphatic heterocycles. The Kier molecular flexibility index (Phi) is 3.72. The average molecular weight is 256 g/mol. The van der Waals surface area contributed by atoms with Crippen LogP contribution in [0.15, 0.2) is 12.3 Å². The highest BCUT2D eigenvalue weighted by atomic mass is 35.5. The van der Waals surface area contributed by atoms with Crippen LogP contribution in [0, 0.1) is 5.92 Å². The highest BCUT2D eigenvalue weighted by molar-refractivity contribution is 6.18. The van der Waals surface area contributed by atoms with Gasteiger partial charge in [-0.2, -0.15) is 5.10 Å². The average Bonchev–Trinajstić information content (AvgIpc) is 2.93. The third kappa shape index (κ3) is 2.32. The second-order valence-electron chi connectivity index (χ2n) is 4.62. The van der Waals surface area contributed by atoms with Crippen molar-refractivity contribution in [3.8, 4) is 0 Å². The van der Waals surface area contributed by atoms with Gasteiger partial charge in [0.05, 0.1) is 12.2 Å². The Balaban J connectivity index is 2.23. The summed E-state index contributed by atoms with van der Waals surface area (Å²) in [4.78, 5) is 13.7. The van der Waals surface area contributed by atoms with Gasteiger partial charge in [0.2, 0.25) is 5.91 Å². The summed E-state index contributed by atoms with van der Waals surface area (Å²) in [5.41, 5.74) is 0. The summed E-state index contributed by atoms with van der Waals surface area (Å²) in [5, 5.41) is 4.31. The van der Waals surface area contributed by atoms with Crippen LogP contribution in [0.5, 0.6) is 0 Å². The predicted molar refractivity (Wildman–Crippen MR) is 68.4 cm³/mol. The number of rotatable bonds is 4. The van der Waals surface area contributed by atoms with Crippen molar-refractivity contribution in [3.05, 3.63) is 12.3 Å². The van der Waals surface area contributed by atoms with E-state index >= 15 is 0 Å². The van der Waals surface area contributed by atoms with Crippen molar-refractivity contribution in [3.63, 3.8) is 0 Å². The van der Waals surface area contributed by atoms with Crippen molar-refractivity contribution in [2.75, 3.05) is 17.3 Å². The molecule has 0 spiro atoms. The molecule has 2 rings (SSSR count). The largest absolute Gasteiger partial charge is 0.297 e. The monoisotopic (exact) mass is 255 g/mol. The summed E-state index contributed by atoms with van der Waals surface area (Å²) in [6, 6.07) is 2.21. The molecular weight excluding hydrogens is 238 g/mol. The molecule has 0 N–H and O–H groups in total. The van der Waals surface area contributed by atoms with E-state index in [2.05, 4.69) is 18.9 Å². The summed E-state index contributed by atoms with van der Waals surface area (Å²) in [6.45, 7) is 4.93. The van der Waals surface area contributed by atoms with Crippen LogP contribution in [0.25, 0.3) is 0 Å². The van der Waals surface area contributed by atoms with E-state index in [-0.39, 0.29) is 11.8 Å². The van der Waals surface area contributed by atoms with E-state index in [1.807, 2.05) is 15.6 Å². The molecule has 5 heteroatoms. The number of carbonyl (C=O) groups excluding carboxylic acids is 1. The van der Waals surface area contributed by atoms with E-state index in [1.54, 1.807) is 6.20 Å². The van der Waals surface area contributed by atoms with E-state index < -0.39 is 0 Å². The number of alkyl halides is 1. The maximum atomic E-state index is 11.9. The van der Waals surface area contributed by atoms with Crippen molar-refractivity contribution in [1.29, 1.82) is 0 Å². The van der Waals surface area contributed by atoms with Gasteiger partial charge in [-0.15, -0.1) is 11.6 Å². The fraction of sp³-hybridized carbons (Fsp3) is 0.667. The van der Waals surface area contributed by atoms with Gasteiger partial charge < -0.3 is 0 Å². The van der Waals surface area contributed by atoms with Crippen LogP contribution in [0.2, 0.25) is 0 Å². The number of halogens is 1. The molecule has 0 aromatic carbocycles. The standard InChI is InChI=1S/C12H18ClN3O/c1-3-9(2)16-11(4-5-14-16)15-8-10(7-13)6-12(15)17/h4-5,9-10H,3,6-8H2,1-2H3. The number of aromatic nitrogens is 2. The quantitative estimate of drug-likeness (QED) is 0.775. The maximum absolute atomic E-state index is 11.9. The van der Waals surface area contributed by atoms with Crippen molar-refractivity contribution in [2.45, 2.75) is 32.7 Å². The van der Waals surface area contributed by atoms with Crippen LogP contribution in [-0.4, -0.2) is 28.1 Å². The fourth-order valence-corrected chi connectivity index (χ4v) is 2.35. The Hall–Kier alpha value is -1.03. The minimum absolute atomic E-state index is 0.153. The smallest absolute Gasteiger partial charge is 0.228 e. The first-order chi connectivity index (χ1) is 8.17. The summed E-state index contributed by atoms with van der Waals surface area (Å²) in [5.74, 6) is 1.86. The van der Waals surface area contributed by atoms with Crippen molar-refractivity contribution in [1.82, 2.24) is 9.78 Å². The first-order valence-electron chi connectivity index (χ1n) is 6.07. The molecular formula is C12H18ClN3O. The molecule has 2 atom stereocenters. The molecule has 0 bridgehead atoms. The van der Waals surface area contributed by atoms with Crippen molar-refractivity contribution in [2.24, 2.45) is 5.92 Å². The minimum Gasteiger partial charge on any atom is -0.297 e. The Morgan fingerprint density at radius 3 is 3.00 bits per heavy atom. The van der Waals surface area contributed by atoms with E-state index in [0.29, 0.717) is 24.9 Å². The Morgan fingerprint density at radius 1 is 1.65 bits per heavy atom. The van der Waals surface area contributed by atoms with Crippen LogP contribution in [0.4, 0.5) is 5.82 Å². The van der Waals surface area contributed by atoms with Gasteiger partial charge in [0.1, 0.15) is 5.82 Å². The molecule has 0 saturated carbocycles. The number of carbonyl (C=O) groups is 1. The SMILES string of the molecule is CCC(C)n1nccc1N1CC(CCl)CC1=O. The molecule has 94 valence electrons. The summed E-state index contributed by atoms with van der Waals surface area (Å²) in [7, 11) is 0. The van der Waals surface area contributed by atoms with Crippen LogP contribution < -0.4 is 4.90 Å². The van der Waals surface area contributed by atoms with Gasteiger partial charge in [-0.25, -0.2) is 4.68 Å². The molecule has 1 aromatic heterocycles. The highest BCUT2D eigenvalue weighted by Gasteiger charge is 2.32. The molecule has 1 aliphatic rings. The van der Waals surface area contributed by atoms with E-state index in [4.69, 9.17) is 11.6 Å². The third-order valence-corrected chi connectivity index (χ3v) is 3.79. The van der Waals surface area contributed by atoms with Gasteiger partial charge in [-0.1, -0.05) is 6.92 Å². The van der Waals surface area contributed by atoms with E-state index in [1.165, 1.54) is 0 Å². The second-order valence-corrected chi connectivity index (χ2v) is 4.93. The zero-order chi connectivity index (χ0) is 12.4. The maximum Gasteiger partial charge on any atom is 0.228 e. The number of hydrogen-bond acceptors (Lipinski definition) is 2. The lowest BCUT2D eigenvalue weighted by atomic mass is 10.1. The highest BCUT2D eigenvalue weighted by Crippen LogP contribution is 2.27. The van der Waals surface area contributed by atoms with E-state index in [9.17, 15) is 4.79 Å². The fourth-order valence-electron chi connectivity index (χ4n) is 2.14.